The van der Waals surface area contributed by atoms with Gasteiger partial charge in [0.1, 0.15) is 11.5 Å². The summed E-state index contributed by atoms with van der Waals surface area (Å²) in [6, 6.07) is 25.1. The Labute approximate surface area is 204 Å². The highest BCUT2D eigenvalue weighted by atomic mass is 79.9. The molecular weight excluding hydrogens is 476 g/mol. The van der Waals surface area contributed by atoms with Crippen molar-refractivity contribution in [2.75, 3.05) is 6.61 Å². The molecule has 0 spiro atoms. The largest absolute Gasteiger partial charge is 0.494 e. The van der Waals surface area contributed by atoms with Crippen molar-refractivity contribution in [2.24, 2.45) is 5.10 Å². The molecule has 2 heterocycles. The highest BCUT2D eigenvalue weighted by Crippen LogP contribution is 2.48. The van der Waals surface area contributed by atoms with E-state index in [2.05, 4.69) is 76.4 Å². The summed E-state index contributed by atoms with van der Waals surface area (Å²) in [7, 11) is 0. The fraction of sp³-hybridized carbons (Fsp3) is 0.321. The van der Waals surface area contributed by atoms with E-state index in [-0.39, 0.29) is 12.3 Å². The van der Waals surface area contributed by atoms with E-state index < -0.39 is 0 Å². The van der Waals surface area contributed by atoms with Gasteiger partial charge in [-0.1, -0.05) is 72.4 Å². The first kappa shape index (κ1) is 22.0. The molecule has 0 saturated carbocycles. The first-order chi connectivity index (χ1) is 16.2. The van der Waals surface area contributed by atoms with Gasteiger partial charge >= 0.3 is 0 Å². The van der Waals surface area contributed by atoms with Crippen molar-refractivity contribution in [1.29, 1.82) is 0 Å². The average molecular weight is 505 g/mol. The van der Waals surface area contributed by atoms with E-state index in [4.69, 9.17) is 14.6 Å². The number of hydrogen-bond donors (Lipinski definition) is 0. The third-order valence-electron chi connectivity index (χ3n) is 6.29. The Kier molecular flexibility index (Phi) is 6.68. The van der Waals surface area contributed by atoms with Gasteiger partial charge in [-0.3, -0.25) is 0 Å². The predicted octanol–water partition coefficient (Wildman–Crippen LogP) is 7.65. The smallest absolute Gasteiger partial charge is 0.213 e. The van der Waals surface area contributed by atoms with Gasteiger partial charge in [0.15, 0.2) is 0 Å². The molecule has 170 valence electrons. The highest BCUT2D eigenvalue weighted by molar-refractivity contribution is 9.10. The summed E-state index contributed by atoms with van der Waals surface area (Å²) >= 11 is 3.62. The monoisotopic (exact) mass is 504 g/mol. The van der Waals surface area contributed by atoms with Crippen LogP contribution in [-0.4, -0.2) is 17.3 Å². The summed E-state index contributed by atoms with van der Waals surface area (Å²) in [6.45, 7) is 2.99. The van der Waals surface area contributed by atoms with Gasteiger partial charge in [0, 0.05) is 22.0 Å². The normalized spacial score (nSPS) is 18.8. The lowest BCUT2D eigenvalue weighted by molar-refractivity contribution is -0.0191. The molecule has 5 rings (SSSR count). The third-order valence-corrected chi connectivity index (χ3v) is 6.78. The van der Waals surface area contributed by atoms with Gasteiger partial charge in [-0.2, -0.15) is 5.10 Å². The quantitative estimate of drug-likeness (QED) is 0.295. The molecule has 0 fully saturated rings. The maximum Gasteiger partial charge on any atom is 0.213 e. The van der Waals surface area contributed by atoms with Crippen molar-refractivity contribution in [3.63, 3.8) is 0 Å². The van der Waals surface area contributed by atoms with E-state index in [1.165, 1.54) is 24.8 Å². The van der Waals surface area contributed by atoms with Crippen LogP contribution in [0.2, 0.25) is 0 Å². The Balaban J connectivity index is 1.39. The average Bonchev–Trinajstić information content (AvgIpc) is 3.31. The molecule has 3 aromatic carbocycles. The first-order valence-corrected chi connectivity index (χ1v) is 12.6. The minimum atomic E-state index is -0.275. The molecule has 5 heteroatoms. The zero-order chi connectivity index (χ0) is 22.6. The molecule has 0 unspecified atom stereocenters. The molecule has 2 aliphatic heterocycles. The van der Waals surface area contributed by atoms with Gasteiger partial charge in [-0.15, -0.1) is 0 Å². The second kappa shape index (κ2) is 10.0. The van der Waals surface area contributed by atoms with Gasteiger partial charge in [0.05, 0.1) is 18.4 Å². The minimum Gasteiger partial charge on any atom is -0.494 e. The molecule has 0 aromatic heterocycles. The van der Waals surface area contributed by atoms with Gasteiger partial charge < -0.3 is 9.47 Å². The summed E-state index contributed by atoms with van der Waals surface area (Å²) in [5, 5.41) is 7.17. The van der Waals surface area contributed by atoms with E-state index in [1.54, 1.807) is 0 Å². The summed E-state index contributed by atoms with van der Waals surface area (Å²) < 4.78 is 13.5. The van der Waals surface area contributed by atoms with Crippen LogP contribution < -0.4 is 9.47 Å². The number of ether oxygens (including phenoxy) is 2. The van der Waals surface area contributed by atoms with Crippen molar-refractivity contribution in [3.05, 3.63) is 94.0 Å². The fourth-order valence-corrected chi connectivity index (χ4v) is 4.91. The maximum atomic E-state index is 6.49. The zero-order valence-electron chi connectivity index (χ0n) is 18.9. The summed E-state index contributed by atoms with van der Waals surface area (Å²) in [5.41, 5.74) is 4.50. The Bertz CT molecular complexity index is 1110. The van der Waals surface area contributed by atoms with Crippen molar-refractivity contribution in [2.45, 2.75) is 51.3 Å². The fourth-order valence-electron chi connectivity index (χ4n) is 4.53. The molecule has 2 atom stereocenters. The Morgan fingerprint density at radius 1 is 1.00 bits per heavy atom. The van der Waals surface area contributed by atoms with Gasteiger partial charge in [0.25, 0.3) is 0 Å². The van der Waals surface area contributed by atoms with E-state index >= 15 is 0 Å². The van der Waals surface area contributed by atoms with Crippen LogP contribution in [-0.2, 0) is 0 Å². The van der Waals surface area contributed by atoms with E-state index in [0.29, 0.717) is 0 Å². The number of fused-ring (bicyclic) bond motifs is 3. The van der Waals surface area contributed by atoms with Crippen molar-refractivity contribution in [1.82, 2.24) is 5.01 Å². The molecule has 3 aromatic rings. The van der Waals surface area contributed by atoms with Crippen LogP contribution in [0, 0.1) is 0 Å². The second-order valence-electron chi connectivity index (χ2n) is 8.64. The summed E-state index contributed by atoms with van der Waals surface area (Å²) in [6.07, 6.45) is 5.40. The number of unbranched alkanes of at least 4 members (excludes halogenated alkanes) is 3. The summed E-state index contributed by atoms with van der Waals surface area (Å²) in [4.78, 5) is 0. The van der Waals surface area contributed by atoms with Crippen LogP contribution in [0.25, 0.3) is 0 Å². The van der Waals surface area contributed by atoms with Gasteiger partial charge in [-0.05, 0) is 54.4 Å². The number of benzene rings is 3. The lowest BCUT2D eigenvalue weighted by Crippen LogP contribution is -2.33. The third kappa shape index (κ3) is 4.79. The van der Waals surface area contributed by atoms with Crippen LogP contribution in [0.4, 0.5) is 0 Å². The summed E-state index contributed by atoms with van der Waals surface area (Å²) in [5.74, 6) is 1.83. The first-order valence-electron chi connectivity index (χ1n) is 11.8. The highest BCUT2D eigenvalue weighted by Gasteiger charge is 2.41. The van der Waals surface area contributed by atoms with Crippen molar-refractivity contribution < 1.29 is 9.47 Å². The van der Waals surface area contributed by atoms with E-state index in [9.17, 15) is 0 Å². The minimum absolute atomic E-state index is 0.140. The predicted molar refractivity (Wildman–Crippen MR) is 136 cm³/mol. The van der Waals surface area contributed by atoms with Crippen LogP contribution in [0.1, 0.15) is 68.0 Å². The molecule has 0 saturated heterocycles. The Morgan fingerprint density at radius 2 is 1.82 bits per heavy atom. The van der Waals surface area contributed by atoms with Crippen LogP contribution in [0.15, 0.2) is 82.4 Å². The van der Waals surface area contributed by atoms with Crippen LogP contribution >= 0.6 is 15.9 Å². The molecular formula is C28H29BrN2O2. The second-order valence-corrected chi connectivity index (χ2v) is 9.56. The van der Waals surface area contributed by atoms with E-state index in [1.807, 2.05) is 24.3 Å². The lowest BCUT2D eigenvalue weighted by atomic mass is 9.96. The molecule has 0 radical (unpaired) electrons. The number of halogens is 1. The SMILES string of the molecule is CCCCCCOc1ccc([C@H]2Oc3ccc(Br)cc3[C@@H]3CC(c4ccccc4)=NN23)cc1. The number of hydrogen-bond acceptors (Lipinski definition) is 4. The molecule has 0 amide bonds. The molecule has 2 aliphatic rings. The van der Waals surface area contributed by atoms with Gasteiger partial charge in [-0.25, -0.2) is 5.01 Å². The van der Waals surface area contributed by atoms with Crippen LogP contribution in [0.3, 0.4) is 0 Å². The topological polar surface area (TPSA) is 34.1 Å². The van der Waals surface area contributed by atoms with Crippen LogP contribution in [0.5, 0.6) is 11.5 Å². The standard InChI is InChI=1S/C28H29BrN2O2/c1-2-3-4-8-17-32-23-14-11-21(12-15-23)28-31-26(24-18-22(29)13-16-27(24)33-28)19-25(30-31)20-9-6-5-7-10-20/h5-7,9-16,18,26,28H,2-4,8,17,19H2,1H3/t26-,28+/m0/s1. The number of rotatable bonds is 8. The molecule has 33 heavy (non-hydrogen) atoms. The Hall–Kier alpha value is -2.79. The lowest BCUT2D eigenvalue weighted by Gasteiger charge is -2.38. The van der Waals surface area contributed by atoms with Gasteiger partial charge in [0.2, 0.25) is 6.23 Å². The molecule has 0 aliphatic carbocycles. The maximum absolute atomic E-state index is 6.49. The zero-order valence-corrected chi connectivity index (χ0v) is 20.5. The number of hydrazone groups is 1. The van der Waals surface area contributed by atoms with Crippen molar-refractivity contribution >= 4 is 21.6 Å². The molecule has 0 bridgehead atoms. The van der Waals surface area contributed by atoms with Crippen molar-refractivity contribution in [3.8, 4) is 11.5 Å². The number of nitrogens with zero attached hydrogens (tertiary/aromatic N) is 2. The molecule has 4 nitrogen and oxygen atoms in total. The Morgan fingerprint density at radius 3 is 2.61 bits per heavy atom. The molecule has 0 N–H and O–H groups in total. The van der Waals surface area contributed by atoms with E-state index in [0.717, 1.165) is 52.3 Å².